The highest BCUT2D eigenvalue weighted by Gasteiger charge is 2.01. The molecule has 4 N–H and O–H groups in total. The molecule has 0 bridgehead atoms. The number of nitrogens with two attached hydrogens (primary N) is 1. The molecular weight excluding hydrogens is 204 g/mol. The van der Waals surface area contributed by atoms with Crippen molar-refractivity contribution in [2.45, 2.75) is 13.5 Å². The monoisotopic (exact) mass is 218 g/mol. The van der Waals surface area contributed by atoms with Crippen LogP contribution in [-0.2, 0) is 11.3 Å². The van der Waals surface area contributed by atoms with Gasteiger partial charge >= 0.3 is 0 Å². The number of carbonyl (C=O) groups is 1. The fourth-order valence-electron chi connectivity index (χ4n) is 1.62. The number of nitrogens with zero attached hydrogens (tertiary/aromatic N) is 1. The quantitative estimate of drug-likeness (QED) is 0.696. The van der Waals surface area contributed by atoms with E-state index in [1.54, 1.807) is 0 Å². The number of amides is 1. The SMILES string of the molecule is Cc1nc2ccc(CNCC(N)=O)cc2[nH]1. The number of carbonyl (C=O) groups excluding carboxylic acids is 1. The number of aromatic nitrogens is 2. The summed E-state index contributed by atoms with van der Waals surface area (Å²) in [5, 5.41) is 2.96. The number of rotatable bonds is 4. The highest BCUT2D eigenvalue weighted by Crippen LogP contribution is 2.13. The van der Waals surface area contributed by atoms with Crippen molar-refractivity contribution < 1.29 is 4.79 Å². The number of H-pyrrole nitrogens is 1. The molecule has 84 valence electrons. The number of hydrogen-bond donors (Lipinski definition) is 3. The molecule has 0 saturated heterocycles. The summed E-state index contributed by atoms with van der Waals surface area (Å²) in [4.78, 5) is 18.0. The molecule has 0 spiro atoms. The lowest BCUT2D eigenvalue weighted by Gasteiger charge is -2.02. The molecule has 0 radical (unpaired) electrons. The zero-order valence-corrected chi connectivity index (χ0v) is 9.08. The summed E-state index contributed by atoms with van der Waals surface area (Å²) in [6.07, 6.45) is 0. The maximum Gasteiger partial charge on any atom is 0.231 e. The minimum atomic E-state index is -0.349. The predicted octanol–water partition coefficient (Wildman–Crippen LogP) is 0.446. The number of aryl methyl sites for hydroxylation is 1. The van der Waals surface area contributed by atoms with E-state index < -0.39 is 0 Å². The lowest BCUT2D eigenvalue weighted by atomic mass is 10.2. The summed E-state index contributed by atoms with van der Waals surface area (Å²) in [6.45, 7) is 2.74. The number of fused-ring (bicyclic) bond motifs is 1. The van der Waals surface area contributed by atoms with E-state index >= 15 is 0 Å². The molecule has 2 aromatic rings. The molecule has 1 aromatic heterocycles. The van der Waals surface area contributed by atoms with Crippen LogP contribution in [0.1, 0.15) is 11.4 Å². The number of nitrogens with one attached hydrogen (secondary N) is 2. The van der Waals surface area contributed by atoms with Crippen LogP contribution in [-0.4, -0.2) is 22.4 Å². The van der Waals surface area contributed by atoms with Gasteiger partial charge in [-0.05, 0) is 24.6 Å². The molecule has 0 aliphatic rings. The Hall–Kier alpha value is -1.88. The normalized spacial score (nSPS) is 10.8. The van der Waals surface area contributed by atoms with Crippen LogP contribution in [0.3, 0.4) is 0 Å². The van der Waals surface area contributed by atoms with Gasteiger partial charge in [0.05, 0.1) is 17.6 Å². The Kier molecular flexibility index (Phi) is 2.87. The van der Waals surface area contributed by atoms with Crippen LogP contribution in [0.5, 0.6) is 0 Å². The summed E-state index contributed by atoms with van der Waals surface area (Å²) >= 11 is 0. The zero-order chi connectivity index (χ0) is 11.5. The van der Waals surface area contributed by atoms with Gasteiger partial charge in [-0.25, -0.2) is 4.98 Å². The second-order valence-corrected chi connectivity index (χ2v) is 3.74. The molecule has 0 saturated carbocycles. The van der Waals surface area contributed by atoms with Crippen LogP contribution in [0, 0.1) is 6.92 Å². The molecule has 0 aliphatic carbocycles. The molecule has 1 amide bonds. The lowest BCUT2D eigenvalue weighted by molar-refractivity contribution is -0.117. The minimum Gasteiger partial charge on any atom is -0.369 e. The fraction of sp³-hybridized carbons (Fsp3) is 0.273. The van der Waals surface area contributed by atoms with Crippen molar-refractivity contribution in [2.24, 2.45) is 5.73 Å². The maximum absolute atomic E-state index is 10.5. The molecule has 16 heavy (non-hydrogen) atoms. The summed E-state index contributed by atoms with van der Waals surface area (Å²) in [7, 11) is 0. The van der Waals surface area contributed by atoms with Crippen LogP contribution in [0.15, 0.2) is 18.2 Å². The van der Waals surface area contributed by atoms with Gasteiger partial charge in [0.1, 0.15) is 5.82 Å². The zero-order valence-electron chi connectivity index (χ0n) is 9.08. The van der Waals surface area contributed by atoms with Crippen molar-refractivity contribution in [3.63, 3.8) is 0 Å². The van der Waals surface area contributed by atoms with E-state index in [9.17, 15) is 4.79 Å². The van der Waals surface area contributed by atoms with E-state index in [2.05, 4.69) is 15.3 Å². The first kappa shape index (κ1) is 10.6. The number of imidazole rings is 1. The largest absolute Gasteiger partial charge is 0.369 e. The van der Waals surface area contributed by atoms with E-state index in [4.69, 9.17) is 5.73 Å². The summed E-state index contributed by atoms with van der Waals surface area (Å²) in [6, 6.07) is 5.96. The van der Waals surface area contributed by atoms with Crippen LogP contribution in [0.2, 0.25) is 0 Å². The lowest BCUT2D eigenvalue weighted by Crippen LogP contribution is -2.28. The third-order valence-corrected chi connectivity index (χ3v) is 2.29. The first-order chi connectivity index (χ1) is 7.65. The third-order valence-electron chi connectivity index (χ3n) is 2.29. The second kappa shape index (κ2) is 4.32. The molecular formula is C11H14N4O. The molecule has 0 fully saturated rings. The first-order valence-corrected chi connectivity index (χ1v) is 5.09. The maximum atomic E-state index is 10.5. The van der Waals surface area contributed by atoms with Gasteiger partial charge < -0.3 is 16.0 Å². The van der Waals surface area contributed by atoms with E-state index in [1.165, 1.54) is 0 Å². The average Bonchev–Trinajstić information content (AvgIpc) is 2.56. The van der Waals surface area contributed by atoms with Crippen LogP contribution in [0.4, 0.5) is 0 Å². The van der Waals surface area contributed by atoms with Gasteiger partial charge in [0.15, 0.2) is 0 Å². The fourth-order valence-corrected chi connectivity index (χ4v) is 1.62. The standard InChI is InChI=1S/C11H14N4O/c1-7-14-9-3-2-8(4-10(9)15-7)5-13-6-11(12)16/h2-4,13H,5-6H2,1H3,(H2,12,16)(H,14,15). The van der Waals surface area contributed by atoms with E-state index in [0.29, 0.717) is 6.54 Å². The van der Waals surface area contributed by atoms with E-state index in [1.807, 2.05) is 25.1 Å². The second-order valence-electron chi connectivity index (χ2n) is 3.74. The molecule has 5 heteroatoms. The van der Waals surface area contributed by atoms with Crippen LogP contribution < -0.4 is 11.1 Å². The molecule has 2 rings (SSSR count). The molecule has 1 aromatic carbocycles. The van der Waals surface area contributed by atoms with Gasteiger partial charge in [0, 0.05) is 6.54 Å². The van der Waals surface area contributed by atoms with Gasteiger partial charge in [-0.3, -0.25) is 4.79 Å². The van der Waals surface area contributed by atoms with E-state index in [-0.39, 0.29) is 12.5 Å². The smallest absolute Gasteiger partial charge is 0.231 e. The van der Waals surface area contributed by atoms with Crippen molar-refractivity contribution >= 4 is 16.9 Å². The molecule has 0 atom stereocenters. The molecule has 5 nitrogen and oxygen atoms in total. The van der Waals surface area contributed by atoms with Gasteiger partial charge in [-0.15, -0.1) is 0 Å². The highest BCUT2D eigenvalue weighted by molar-refractivity contribution is 5.76. The van der Waals surface area contributed by atoms with Gasteiger partial charge in [-0.1, -0.05) is 6.07 Å². The van der Waals surface area contributed by atoms with Gasteiger partial charge in [0.25, 0.3) is 0 Å². The van der Waals surface area contributed by atoms with Gasteiger partial charge in [0.2, 0.25) is 5.91 Å². The van der Waals surface area contributed by atoms with Crippen LogP contribution >= 0.6 is 0 Å². The highest BCUT2D eigenvalue weighted by atomic mass is 16.1. The number of primary amides is 1. The summed E-state index contributed by atoms with van der Waals surface area (Å²) < 4.78 is 0. The molecule has 1 heterocycles. The molecule has 0 unspecified atom stereocenters. The minimum absolute atomic E-state index is 0.194. The Bertz CT molecular complexity index is 518. The Morgan fingerprint density at radius 2 is 2.38 bits per heavy atom. The number of benzene rings is 1. The number of aromatic amines is 1. The molecule has 0 aliphatic heterocycles. The Balaban J connectivity index is 2.10. The Labute approximate surface area is 93.1 Å². The topological polar surface area (TPSA) is 83.8 Å². The first-order valence-electron chi connectivity index (χ1n) is 5.09. The third kappa shape index (κ3) is 2.38. The van der Waals surface area contributed by atoms with Crippen molar-refractivity contribution in [1.82, 2.24) is 15.3 Å². The predicted molar refractivity (Wildman–Crippen MR) is 61.7 cm³/mol. The van der Waals surface area contributed by atoms with E-state index in [0.717, 1.165) is 22.4 Å². The average molecular weight is 218 g/mol. The van der Waals surface area contributed by atoms with Crippen molar-refractivity contribution in [3.05, 3.63) is 29.6 Å². The Morgan fingerprint density at radius 3 is 3.12 bits per heavy atom. The van der Waals surface area contributed by atoms with Gasteiger partial charge in [-0.2, -0.15) is 0 Å². The summed E-state index contributed by atoms with van der Waals surface area (Å²) in [5.41, 5.74) is 8.09. The van der Waals surface area contributed by atoms with Crippen molar-refractivity contribution in [1.29, 1.82) is 0 Å². The van der Waals surface area contributed by atoms with Crippen molar-refractivity contribution in [3.8, 4) is 0 Å². The Morgan fingerprint density at radius 1 is 1.56 bits per heavy atom. The van der Waals surface area contributed by atoms with Crippen LogP contribution in [0.25, 0.3) is 11.0 Å². The number of hydrogen-bond acceptors (Lipinski definition) is 3. The van der Waals surface area contributed by atoms with Crippen molar-refractivity contribution in [2.75, 3.05) is 6.54 Å². The summed E-state index contributed by atoms with van der Waals surface area (Å²) in [5.74, 6) is 0.552.